The molecule has 5 heteroatoms. The Kier molecular flexibility index (Phi) is 5.59. The zero-order chi connectivity index (χ0) is 13.7. The number of hydrogen-bond donors (Lipinski definition) is 3. The largest absolute Gasteiger partial charge is 0.355 e. The molecule has 4 unspecified atom stereocenters. The third-order valence-electron chi connectivity index (χ3n) is 3.82. The molecule has 1 aliphatic rings. The van der Waals surface area contributed by atoms with Crippen molar-refractivity contribution in [3.63, 3.8) is 0 Å². The quantitative estimate of drug-likeness (QED) is 0.673. The average Bonchev–Trinajstić information content (AvgIpc) is 2.31. The van der Waals surface area contributed by atoms with Crippen molar-refractivity contribution in [1.29, 1.82) is 0 Å². The van der Waals surface area contributed by atoms with E-state index in [4.69, 9.17) is 5.73 Å². The number of carbonyl (C=O) groups excluding carboxylic acids is 2. The second-order valence-corrected chi connectivity index (χ2v) is 5.37. The van der Waals surface area contributed by atoms with Crippen LogP contribution in [0.1, 0.15) is 33.6 Å². The van der Waals surface area contributed by atoms with Gasteiger partial charge in [0.05, 0.1) is 6.54 Å². The highest BCUT2D eigenvalue weighted by molar-refractivity contribution is 5.85. The lowest BCUT2D eigenvalue weighted by atomic mass is 9.72. The van der Waals surface area contributed by atoms with E-state index in [1.807, 2.05) is 6.92 Å². The van der Waals surface area contributed by atoms with Gasteiger partial charge in [-0.25, -0.2) is 0 Å². The number of hydrogen-bond acceptors (Lipinski definition) is 3. The molecule has 1 fully saturated rings. The molecular weight excluding hydrogens is 230 g/mol. The molecule has 0 saturated heterocycles. The van der Waals surface area contributed by atoms with E-state index in [0.29, 0.717) is 24.8 Å². The Morgan fingerprint density at radius 1 is 1.17 bits per heavy atom. The maximum absolute atomic E-state index is 12.0. The van der Waals surface area contributed by atoms with Crippen LogP contribution < -0.4 is 16.4 Å². The fraction of sp³-hybridized carbons (Fsp3) is 0.846. The van der Waals surface area contributed by atoms with E-state index in [0.717, 1.165) is 6.42 Å². The molecule has 5 nitrogen and oxygen atoms in total. The Morgan fingerprint density at radius 3 is 2.44 bits per heavy atom. The first-order valence-electron chi connectivity index (χ1n) is 6.75. The number of rotatable bonds is 4. The molecular formula is C13H25N3O2. The number of likely N-dealkylation sites (N-methyl/N-ethyl adjacent to an activating group) is 1. The SMILES string of the molecule is CCNC(=O)CNC(=O)C1CC(N)C(C)CC1C. The van der Waals surface area contributed by atoms with E-state index in [1.165, 1.54) is 0 Å². The van der Waals surface area contributed by atoms with Crippen LogP contribution in [0.25, 0.3) is 0 Å². The molecule has 0 aromatic heterocycles. The van der Waals surface area contributed by atoms with Gasteiger partial charge in [-0.1, -0.05) is 13.8 Å². The van der Waals surface area contributed by atoms with Gasteiger partial charge in [-0.15, -0.1) is 0 Å². The zero-order valence-electron chi connectivity index (χ0n) is 11.5. The lowest BCUT2D eigenvalue weighted by molar-refractivity contribution is -0.131. The van der Waals surface area contributed by atoms with Crippen molar-refractivity contribution < 1.29 is 9.59 Å². The molecule has 0 radical (unpaired) electrons. The lowest BCUT2D eigenvalue weighted by Gasteiger charge is -2.36. The summed E-state index contributed by atoms with van der Waals surface area (Å²) in [6, 6.07) is 0.0846. The Bertz CT molecular complexity index is 307. The van der Waals surface area contributed by atoms with E-state index in [-0.39, 0.29) is 30.3 Å². The summed E-state index contributed by atoms with van der Waals surface area (Å²) in [6.45, 7) is 6.70. The molecule has 0 spiro atoms. The van der Waals surface area contributed by atoms with E-state index in [9.17, 15) is 9.59 Å². The Balaban J connectivity index is 2.43. The molecule has 0 aromatic rings. The predicted octanol–water partition coefficient (Wildman–Crippen LogP) is 0.248. The van der Waals surface area contributed by atoms with Crippen LogP contribution in [0.5, 0.6) is 0 Å². The van der Waals surface area contributed by atoms with Crippen molar-refractivity contribution in [2.24, 2.45) is 23.5 Å². The minimum atomic E-state index is -0.146. The molecule has 18 heavy (non-hydrogen) atoms. The number of carbonyl (C=O) groups is 2. The Hall–Kier alpha value is -1.10. The van der Waals surface area contributed by atoms with Crippen LogP contribution in [0, 0.1) is 17.8 Å². The third kappa shape index (κ3) is 3.98. The minimum Gasteiger partial charge on any atom is -0.355 e. The van der Waals surface area contributed by atoms with Gasteiger partial charge in [0.1, 0.15) is 0 Å². The van der Waals surface area contributed by atoms with Crippen molar-refractivity contribution in [3.05, 3.63) is 0 Å². The van der Waals surface area contributed by atoms with Crippen LogP contribution in [0.3, 0.4) is 0 Å². The number of nitrogens with two attached hydrogens (primary N) is 1. The zero-order valence-corrected chi connectivity index (χ0v) is 11.5. The first-order valence-corrected chi connectivity index (χ1v) is 6.75. The number of nitrogens with one attached hydrogen (secondary N) is 2. The summed E-state index contributed by atoms with van der Waals surface area (Å²) >= 11 is 0. The number of amides is 2. The van der Waals surface area contributed by atoms with Gasteiger partial charge in [-0.2, -0.15) is 0 Å². The van der Waals surface area contributed by atoms with Gasteiger partial charge in [0.15, 0.2) is 0 Å². The standard InChI is InChI=1S/C13H25N3O2/c1-4-15-12(17)7-16-13(18)10-6-11(14)9(3)5-8(10)2/h8-11H,4-7,14H2,1-3H3,(H,15,17)(H,16,18). The second kappa shape index (κ2) is 6.73. The Morgan fingerprint density at radius 2 is 1.83 bits per heavy atom. The molecule has 1 saturated carbocycles. The molecule has 2 amide bonds. The van der Waals surface area contributed by atoms with Gasteiger partial charge >= 0.3 is 0 Å². The van der Waals surface area contributed by atoms with Gasteiger partial charge in [-0.3, -0.25) is 9.59 Å². The highest BCUT2D eigenvalue weighted by atomic mass is 16.2. The van der Waals surface area contributed by atoms with Gasteiger partial charge in [-0.05, 0) is 31.6 Å². The Labute approximate surface area is 109 Å². The van der Waals surface area contributed by atoms with Crippen LogP contribution >= 0.6 is 0 Å². The molecule has 4 atom stereocenters. The van der Waals surface area contributed by atoms with Crippen molar-refractivity contribution in [2.45, 2.75) is 39.7 Å². The topological polar surface area (TPSA) is 84.2 Å². The first kappa shape index (κ1) is 15.0. The molecule has 0 heterocycles. The molecule has 0 bridgehead atoms. The van der Waals surface area contributed by atoms with Crippen molar-refractivity contribution in [1.82, 2.24) is 10.6 Å². The van der Waals surface area contributed by atoms with Crippen LogP contribution in [-0.4, -0.2) is 30.9 Å². The summed E-state index contributed by atoms with van der Waals surface area (Å²) in [4.78, 5) is 23.3. The molecule has 4 N–H and O–H groups in total. The van der Waals surface area contributed by atoms with E-state index < -0.39 is 0 Å². The smallest absolute Gasteiger partial charge is 0.239 e. The van der Waals surface area contributed by atoms with Crippen molar-refractivity contribution in [2.75, 3.05) is 13.1 Å². The highest BCUT2D eigenvalue weighted by Crippen LogP contribution is 2.32. The highest BCUT2D eigenvalue weighted by Gasteiger charge is 2.34. The van der Waals surface area contributed by atoms with Crippen LogP contribution in [0.15, 0.2) is 0 Å². The van der Waals surface area contributed by atoms with Gasteiger partial charge in [0.2, 0.25) is 11.8 Å². The molecule has 0 aliphatic heterocycles. The monoisotopic (exact) mass is 255 g/mol. The molecule has 1 rings (SSSR count). The second-order valence-electron chi connectivity index (χ2n) is 5.37. The normalized spacial score (nSPS) is 31.8. The van der Waals surface area contributed by atoms with Crippen molar-refractivity contribution >= 4 is 11.8 Å². The summed E-state index contributed by atoms with van der Waals surface area (Å²) in [7, 11) is 0. The fourth-order valence-electron chi connectivity index (χ4n) is 2.61. The van der Waals surface area contributed by atoms with Crippen LogP contribution in [0.4, 0.5) is 0 Å². The third-order valence-corrected chi connectivity index (χ3v) is 3.82. The fourth-order valence-corrected chi connectivity index (χ4v) is 2.61. The maximum atomic E-state index is 12.0. The molecule has 104 valence electrons. The summed E-state index contributed by atoms with van der Waals surface area (Å²) in [5, 5.41) is 5.35. The van der Waals surface area contributed by atoms with E-state index in [1.54, 1.807) is 0 Å². The molecule has 1 aliphatic carbocycles. The predicted molar refractivity (Wildman–Crippen MR) is 70.7 cm³/mol. The minimum absolute atomic E-state index is 0.0453. The van der Waals surface area contributed by atoms with Gasteiger partial charge < -0.3 is 16.4 Å². The first-order chi connectivity index (χ1) is 8.45. The summed E-state index contributed by atoms with van der Waals surface area (Å²) in [5.74, 6) is 0.537. The maximum Gasteiger partial charge on any atom is 0.239 e. The summed E-state index contributed by atoms with van der Waals surface area (Å²) in [6.07, 6.45) is 1.68. The van der Waals surface area contributed by atoms with E-state index >= 15 is 0 Å². The molecule has 0 aromatic carbocycles. The van der Waals surface area contributed by atoms with Crippen molar-refractivity contribution in [3.8, 4) is 0 Å². The summed E-state index contributed by atoms with van der Waals surface area (Å²) < 4.78 is 0. The summed E-state index contributed by atoms with van der Waals surface area (Å²) in [5.41, 5.74) is 6.01. The average molecular weight is 255 g/mol. The van der Waals surface area contributed by atoms with Crippen LogP contribution in [-0.2, 0) is 9.59 Å². The van der Waals surface area contributed by atoms with Gasteiger partial charge in [0.25, 0.3) is 0 Å². The lowest BCUT2D eigenvalue weighted by Crippen LogP contribution is -2.47. The van der Waals surface area contributed by atoms with Gasteiger partial charge in [0, 0.05) is 18.5 Å². The van der Waals surface area contributed by atoms with Crippen LogP contribution in [0.2, 0.25) is 0 Å². The van der Waals surface area contributed by atoms with E-state index in [2.05, 4.69) is 24.5 Å².